The van der Waals surface area contributed by atoms with Gasteiger partial charge in [-0.2, -0.15) is 0 Å². The largest absolute Gasteiger partial charge is 0.383 e. The fourth-order valence-corrected chi connectivity index (χ4v) is 1.69. The summed E-state index contributed by atoms with van der Waals surface area (Å²) in [6, 6.07) is 3.61. The van der Waals surface area contributed by atoms with Crippen molar-refractivity contribution < 1.29 is 14.1 Å². The van der Waals surface area contributed by atoms with Crippen LogP contribution in [0.3, 0.4) is 0 Å². The van der Waals surface area contributed by atoms with Crippen molar-refractivity contribution in [2.24, 2.45) is 0 Å². The summed E-state index contributed by atoms with van der Waals surface area (Å²) in [5.41, 5.74) is 1.68. The molecule has 0 atom stereocenters. The Bertz CT molecular complexity index is 552. The minimum Gasteiger partial charge on any atom is -0.383 e. The number of nitrogens with zero attached hydrogens (tertiary/aromatic N) is 2. The topological polar surface area (TPSA) is 77.2 Å². The van der Waals surface area contributed by atoms with Gasteiger partial charge in [-0.3, -0.25) is 9.78 Å². The van der Waals surface area contributed by atoms with Gasteiger partial charge >= 0.3 is 0 Å². The molecule has 6 nitrogen and oxygen atoms in total. The average molecular weight is 261 g/mol. The molecule has 0 fully saturated rings. The first-order chi connectivity index (χ1) is 9.24. The van der Waals surface area contributed by atoms with Crippen LogP contribution in [-0.2, 0) is 4.74 Å². The van der Waals surface area contributed by atoms with Gasteiger partial charge in [0.2, 0.25) is 0 Å². The third-order valence-electron chi connectivity index (χ3n) is 2.62. The summed E-state index contributed by atoms with van der Waals surface area (Å²) in [7, 11) is 1.58. The molecule has 0 aliphatic carbocycles. The number of aryl methyl sites for hydroxylation is 1. The predicted molar refractivity (Wildman–Crippen MR) is 68.7 cm³/mol. The molecule has 0 spiro atoms. The number of rotatable bonds is 5. The van der Waals surface area contributed by atoms with E-state index in [-0.39, 0.29) is 5.91 Å². The lowest BCUT2D eigenvalue weighted by Gasteiger charge is -2.04. The molecular formula is C13H15N3O3. The molecule has 2 heterocycles. The number of nitrogens with one attached hydrogen (secondary N) is 1. The molecule has 2 aromatic rings. The Morgan fingerprint density at radius 1 is 1.53 bits per heavy atom. The Balaban J connectivity index is 2.25. The van der Waals surface area contributed by atoms with Gasteiger partial charge in [0.1, 0.15) is 17.0 Å². The van der Waals surface area contributed by atoms with Crippen LogP contribution in [0.2, 0.25) is 0 Å². The summed E-state index contributed by atoms with van der Waals surface area (Å²) in [5, 5.41) is 6.68. The summed E-state index contributed by atoms with van der Waals surface area (Å²) in [4.78, 5) is 16.1. The first-order valence-corrected chi connectivity index (χ1v) is 5.88. The summed E-state index contributed by atoms with van der Waals surface area (Å²) < 4.78 is 10.00. The normalized spacial score (nSPS) is 10.4. The molecule has 1 N–H and O–H groups in total. The first kappa shape index (κ1) is 13.2. The van der Waals surface area contributed by atoms with Crippen LogP contribution in [-0.4, -0.2) is 36.3 Å². The SMILES string of the molecule is COCCNC(=O)c1c(-c2cccnc2)noc1C. The molecule has 1 amide bonds. The average Bonchev–Trinajstić information content (AvgIpc) is 2.82. The number of hydrogen-bond donors (Lipinski definition) is 1. The molecule has 2 rings (SSSR count). The van der Waals surface area contributed by atoms with Crippen molar-refractivity contribution in [3.63, 3.8) is 0 Å². The maximum absolute atomic E-state index is 12.1. The van der Waals surface area contributed by atoms with Gasteiger partial charge < -0.3 is 14.6 Å². The monoisotopic (exact) mass is 261 g/mol. The van der Waals surface area contributed by atoms with Crippen molar-refractivity contribution in [2.75, 3.05) is 20.3 Å². The number of aromatic nitrogens is 2. The van der Waals surface area contributed by atoms with E-state index in [0.717, 1.165) is 5.56 Å². The molecule has 6 heteroatoms. The Kier molecular flexibility index (Phi) is 4.25. The number of methoxy groups -OCH3 is 1. The van der Waals surface area contributed by atoms with Crippen LogP contribution in [0.5, 0.6) is 0 Å². The molecule has 0 aliphatic rings. The fourth-order valence-electron chi connectivity index (χ4n) is 1.69. The van der Waals surface area contributed by atoms with Crippen LogP contribution in [0.15, 0.2) is 29.0 Å². The minimum atomic E-state index is -0.227. The highest BCUT2D eigenvalue weighted by Gasteiger charge is 2.21. The van der Waals surface area contributed by atoms with Gasteiger partial charge in [-0.05, 0) is 19.1 Å². The standard InChI is InChI=1S/C13H15N3O3/c1-9-11(13(17)15-6-7-18-2)12(16-19-9)10-4-3-5-14-8-10/h3-5,8H,6-7H2,1-2H3,(H,15,17). The van der Waals surface area contributed by atoms with Crippen molar-refractivity contribution in [3.05, 3.63) is 35.9 Å². The molecule has 0 bridgehead atoms. The van der Waals surface area contributed by atoms with Crippen LogP contribution >= 0.6 is 0 Å². The lowest BCUT2D eigenvalue weighted by Crippen LogP contribution is -2.27. The van der Waals surface area contributed by atoms with Gasteiger partial charge in [0.15, 0.2) is 0 Å². The first-order valence-electron chi connectivity index (χ1n) is 5.88. The smallest absolute Gasteiger partial charge is 0.257 e. The molecular weight excluding hydrogens is 246 g/mol. The number of ether oxygens (including phenoxy) is 1. The van der Waals surface area contributed by atoms with E-state index in [0.29, 0.717) is 30.2 Å². The van der Waals surface area contributed by atoms with Gasteiger partial charge in [0.25, 0.3) is 5.91 Å². The summed E-state index contributed by atoms with van der Waals surface area (Å²) in [6.07, 6.45) is 3.30. The van der Waals surface area contributed by atoms with Crippen LogP contribution in [0.1, 0.15) is 16.1 Å². The Labute approximate surface area is 110 Å². The zero-order valence-corrected chi connectivity index (χ0v) is 10.8. The van der Waals surface area contributed by atoms with E-state index < -0.39 is 0 Å². The van der Waals surface area contributed by atoms with E-state index in [1.54, 1.807) is 32.5 Å². The molecule has 2 aromatic heterocycles. The third-order valence-corrected chi connectivity index (χ3v) is 2.62. The summed E-state index contributed by atoms with van der Waals surface area (Å²) in [5.74, 6) is 0.253. The Morgan fingerprint density at radius 2 is 2.37 bits per heavy atom. The maximum Gasteiger partial charge on any atom is 0.257 e. The quantitative estimate of drug-likeness (QED) is 0.824. The van der Waals surface area contributed by atoms with Crippen molar-refractivity contribution in [2.45, 2.75) is 6.92 Å². The lowest BCUT2D eigenvalue weighted by molar-refractivity contribution is 0.0936. The maximum atomic E-state index is 12.1. The van der Waals surface area contributed by atoms with Crippen LogP contribution < -0.4 is 5.32 Å². The highest BCUT2D eigenvalue weighted by molar-refractivity contribution is 6.00. The van der Waals surface area contributed by atoms with Gasteiger partial charge in [0.05, 0.1) is 6.61 Å². The molecule has 0 unspecified atom stereocenters. The second-order valence-corrected chi connectivity index (χ2v) is 3.95. The molecule has 100 valence electrons. The van der Waals surface area contributed by atoms with Crippen molar-refractivity contribution in [3.8, 4) is 11.3 Å². The number of pyridine rings is 1. The summed E-state index contributed by atoms with van der Waals surface area (Å²) in [6.45, 7) is 2.60. The van der Waals surface area contributed by atoms with Gasteiger partial charge in [-0.15, -0.1) is 0 Å². The molecule has 19 heavy (non-hydrogen) atoms. The van der Waals surface area contributed by atoms with Crippen LogP contribution in [0.4, 0.5) is 0 Å². The predicted octanol–water partition coefficient (Wildman–Crippen LogP) is 1.42. The van der Waals surface area contributed by atoms with Crippen molar-refractivity contribution in [1.82, 2.24) is 15.5 Å². The van der Waals surface area contributed by atoms with Crippen LogP contribution in [0, 0.1) is 6.92 Å². The van der Waals surface area contributed by atoms with Crippen molar-refractivity contribution >= 4 is 5.91 Å². The molecule has 0 saturated carbocycles. The van der Waals surface area contributed by atoms with E-state index in [2.05, 4.69) is 15.5 Å². The second-order valence-electron chi connectivity index (χ2n) is 3.95. The Hall–Kier alpha value is -2.21. The van der Waals surface area contributed by atoms with E-state index in [9.17, 15) is 4.79 Å². The highest BCUT2D eigenvalue weighted by Crippen LogP contribution is 2.24. The van der Waals surface area contributed by atoms with Gasteiger partial charge in [0, 0.05) is 31.6 Å². The number of carbonyl (C=O) groups is 1. The lowest BCUT2D eigenvalue weighted by atomic mass is 10.1. The highest BCUT2D eigenvalue weighted by atomic mass is 16.5. The van der Waals surface area contributed by atoms with E-state index in [4.69, 9.17) is 9.26 Å². The van der Waals surface area contributed by atoms with E-state index in [1.807, 2.05) is 6.07 Å². The fraction of sp³-hybridized carbons (Fsp3) is 0.308. The second kappa shape index (κ2) is 6.10. The molecule has 0 aliphatic heterocycles. The van der Waals surface area contributed by atoms with Gasteiger partial charge in [-0.1, -0.05) is 5.16 Å². The van der Waals surface area contributed by atoms with E-state index in [1.165, 1.54) is 0 Å². The number of carbonyl (C=O) groups excluding carboxylic acids is 1. The number of amides is 1. The zero-order chi connectivity index (χ0) is 13.7. The van der Waals surface area contributed by atoms with Gasteiger partial charge in [-0.25, -0.2) is 0 Å². The third kappa shape index (κ3) is 2.97. The molecule has 0 saturated heterocycles. The Morgan fingerprint density at radius 3 is 3.05 bits per heavy atom. The number of hydrogen-bond acceptors (Lipinski definition) is 5. The molecule has 0 aromatic carbocycles. The zero-order valence-electron chi connectivity index (χ0n) is 10.8. The summed E-state index contributed by atoms with van der Waals surface area (Å²) >= 11 is 0. The minimum absolute atomic E-state index is 0.227. The molecule has 0 radical (unpaired) electrons. The van der Waals surface area contributed by atoms with Crippen molar-refractivity contribution in [1.29, 1.82) is 0 Å². The van der Waals surface area contributed by atoms with E-state index >= 15 is 0 Å². The van der Waals surface area contributed by atoms with Crippen LogP contribution in [0.25, 0.3) is 11.3 Å².